The SMILES string of the molecule is C#CCN(CC)c1ccc(C(C)NCC)c(Br)c1. The first kappa shape index (κ1) is 15.1. The molecule has 1 N–H and O–H groups in total. The number of benzene rings is 1. The minimum absolute atomic E-state index is 0.348. The van der Waals surface area contributed by atoms with Crippen molar-refractivity contribution in [1.82, 2.24) is 5.32 Å². The van der Waals surface area contributed by atoms with Crippen LogP contribution in [0.1, 0.15) is 32.4 Å². The molecular weight excluding hydrogens is 288 g/mol. The number of nitrogens with one attached hydrogen (secondary N) is 1. The van der Waals surface area contributed by atoms with Crippen LogP contribution in [-0.2, 0) is 0 Å². The van der Waals surface area contributed by atoms with Crippen LogP contribution in [0.25, 0.3) is 0 Å². The van der Waals surface area contributed by atoms with E-state index < -0.39 is 0 Å². The molecule has 0 aliphatic carbocycles. The lowest BCUT2D eigenvalue weighted by Gasteiger charge is -2.22. The number of hydrogen-bond donors (Lipinski definition) is 1. The number of hydrogen-bond acceptors (Lipinski definition) is 2. The second-order valence-electron chi connectivity index (χ2n) is 4.20. The van der Waals surface area contributed by atoms with Crippen molar-refractivity contribution in [2.45, 2.75) is 26.8 Å². The van der Waals surface area contributed by atoms with Crippen LogP contribution < -0.4 is 10.2 Å². The van der Waals surface area contributed by atoms with Gasteiger partial charge in [0.25, 0.3) is 0 Å². The molecule has 2 nitrogen and oxygen atoms in total. The fourth-order valence-electron chi connectivity index (χ4n) is 1.98. The van der Waals surface area contributed by atoms with Crippen molar-refractivity contribution in [2.24, 2.45) is 0 Å². The zero-order chi connectivity index (χ0) is 13.5. The Bertz CT molecular complexity index is 423. The van der Waals surface area contributed by atoms with Gasteiger partial charge in [-0.25, -0.2) is 0 Å². The highest BCUT2D eigenvalue weighted by atomic mass is 79.9. The van der Waals surface area contributed by atoms with Gasteiger partial charge in [-0.15, -0.1) is 6.42 Å². The standard InChI is InChI=1S/C15H21BrN2/c1-5-10-18(7-3)13-8-9-14(15(16)11-13)12(4)17-6-2/h1,8-9,11-12,17H,6-7,10H2,2-4H3. The number of anilines is 1. The first-order valence-electron chi connectivity index (χ1n) is 6.35. The van der Waals surface area contributed by atoms with E-state index in [1.165, 1.54) is 5.56 Å². The van der Waals surface area contributed by atoms with E-state index in [-0.39, 0.29) is 0 Å². The molecule has 0 aliphatic rings. The Labute approximate surface area is 119 Å². The lowest BCUT2D eigenvalue weighted by atomic mass is 10.1. The van der Waals surface area contributed by atoms with Gasteiger partial charge in [-0.2, -0.15) is 0 Å². The largest absolute Gasteiger partial charge is 0.361 e. The van der Waals surface area contributed by atoms with Gasteiger partial charge in [0.15, 0.2) is 0 Å². The number of nitrogens with zero attached hydrogens (tertiary/aromatic N) is 1. The van der Waals surface area contributed by atoms with Crippen molar-refractivity contribution < 1.29 is 0 Å². The molecule has 0 aromatic heterocycles. The van der Waals surface area contributed by atoms with Crippen molar-refractivity contribution >= 4 is 21.6 Å². The minimum atomic E-state index is 0.348. The summed E-state index contributed by atoms with van der Waals surface area (Å²) in [6.45, 7) is 8.92. The highest BCUT2D eigenvalue weighted by Crippen LogP contribution is 2.28. The summed E-state index contributed by atoms with van der Waals surface area (Å²) in [4.78, 5) is 2.17. The molecule has 3 heteroatoms. The maximum atomic E-state index is 5.38. The molecule has 18 heavy (non-hydrogen) atoms. The third kappa shape index (κ3) is 3.76. The maximum absolute atomic E-state index is 5.38. The van der Waals surface area contributed by atoms with Gasteiger partial charge >= 0.3 is 0 Å². The van der Waals surface area contributed by atoms with E-state index in [0.717, 1.165) is 23.2 Å². The lowest BCUT2D eigenvalue weighted by Crippen LogP contribution is -2.23. The van der Waals surface area contributed by atoms with Gasteiger partial charge in [-0.05, 0) is 38.1 Å². The van der Waals surface area contributed by atoms with E-state index >= 15 is 0 Å². The fraction of sp³-hybridized carbons (Fsp3) is 0.467. The van der Waals surface area contributed by atoms with E-state index in [4.69, 9.17) is 6.42 Å². The van der Waals surface area contributed by atoms with E-state index in [2.05, 4.69) is 71.0 Å². The van der Waals surface area contributed by atoms with Crippen LogP contribution in [-0.4, -0.2) is 19.6 Å². The van der Waals surface area contributed by atoms with E-state index in [1.54, 1.807) is 0 Å². The smallest absolute Gasteiger partial charge is 0.0791 e. The summed E-state index contributed by atoms with van der Waals surface area (Å²) in [6, 6.07) is 6.78. The van der Waals surface area contributed by atoms with E-state index in [0.29, 0.717) is 12.6 Å². The van der Waals surface area contributed by atoms with Gasteiger partial charge in [0.2, 0.25) is 0 Å². The Kier molecular flexibility index (Phi) is 6.24. The van der Waals surface area contributed by atoms with Crippen molar-refractivity contribution in [3.8, 4) is 12.3 Å². The minimum Gasteiger partial charge on any atom is -0.361 e. The predicted molar refractivity (Wildman–Crippen MR) is 83.0 cm³/mol. The summed E-state index contributed by atoms with van der Waals surface area (Å²) in [5, 5.41) is 3.41. The van der Waals surface area contributed by atoms with Crippen LogP contribution in [0.2, 0.25) is 0 Å². The van der Waals surface area contributed by atoms with Crippen LogP contribution in [0.5, 0.6) is 0 Å². The molecular formula is C15H21BrN2. The second kappa shape index (κ2) is 7.45. The van der Waals surface area contributed by atoms with Crippen molar-refractivity contribution in [2.75, 3.05) is 24.5 Å². The zero-order valence-corrected chi connectivity index (χ0v) is 12.9. The Morgan fingerprint density at radius 2 is 2.17 bits per heavy atom. The molecule has 0 fully saturated rings. The van der Waals surface area contributed by atoms with Gasteiger partial charge < -0.3 is 10.2 Å². The Balaban J connectivity index is 2.94. The molecule has 1 unspecified atom stereocenters. The molecule has 0 saturated carbocycles. The maximum Gasteiger partial charge on any atom is 0.0791 e. The third-order valence-corrected chi connectivity index (χ3v) is 3.68. The van der Waals surface area contributed by atoms with Crippen molar-refractivity contribution in [1.29, 1.82) is 0 Å². The monoisotopic (exact) mass is 308 g/mol. The van der Waals surface area contributed by atoms with E-state index in [1.807, 2.05) is 0 Å². The van der Waals surface area contributed by atoms with Gasteiger partial charge in [-0.1, -0.05) is 34.8 Å². The molecule has 0 amide bonds. The quantitative estimate of drug-likeness (QED) is 0.808. The predicted octanol–water partition coefficient (Wildman–Crippen LogP) is 3.58. The average molecular weight is 309 g/mol. The highest BCUT2D eigenvalue weighted by molar-refractivity contribution is 9.10. The molecule has 0 saturated heterocycles. The second-order valence-corrected chi connectivity index (χ2v) is 5.06. The molecule has 0 bridgehead atoms. The number of terminal acetylenes is 1. The van der Waals surface area contributed by atoms with Gasteiger partial charge in [-0.3, -0.25) is 0 Å². The van der Waals surface area contributed by atoms with Gasteiger partial charge in [0.1, 0.15) is 0 Å². The van der Waals surface area contributed by atoms with Crippen LogP contribution in [0.4, 0.5) is 5.69 Å². The molecule has 1 atom stereocenters. The Hall–Kier alpha value is -0.980. The number of rotatable bonds is 6. The Morgan fingerprint density at radius 1 is 1.44 bits per heavy atom. The van der Waals surface area contributed by atoms with Gasteiger partial charge in [0, 0.05) is 22.7 Å². The lowest BCUT2D eigenvalue weighted by molar-refractivity contribution is 0.596. The molecule has 1 rings (SSSR count). The van der Waals surface area contributed by atoms with Crippen LogP contribution in [0.3, 0.4) is 0 Å². The molecule has 0 spiro atoms. The normalized spacial score (nSPS) is 11.9. The fourth-order valence-corrected chi connectivity index (χ4v) is 2.69. The summed E-state index contributed by atoms with van der Waals surface area (Å²) >= 11 is 3.65. The summed E-state index contributed by atoms with van der Waals surface area (Å²) in [7, 11) is 0. The summed E-state index contributed by atoms with van der Waals surface area (Å²) in [5.74, 6) is 2.69. The summed E-state index contributed by atoms with van der Waals surface area (Å²) in [6.07, 6.45) is 5.38. The molecule has 1 aromatic carbocycles. The van der Waals surface area contributed by atoms with Crippen LogP contribution >= 0.6 is 15.9 Å². The van der Waals surface area contributed by atoms with Crippen LogP contribution in [0.15, 0.2) is 22.7 Å². The summed E-state index contributed by atoms with van der Waals surface area (Å²) < 4.78 is 1.13. The third-order valence-electron chi connectivity index (χ3n) is 2.99. The van der Waals surface area contributed by atoms with Crippen LogP contribution in [0, 0.1) is 12.3 Å². The first-order chi connectivity index (χ1) is 8.63. The van der Waals surface area contributed by atoms with Crippen molar-refractivity contribution in [3.63, 3.8) is 0 Å². The van der Waals surface area contributed by atoms with Crippen molar-refractivity contribution in [3.05, 3.63) is 28.2 Å². The molecule has 98 valence electrons. The highest BCUT2D eigenvalue weighted by Gasteiger charge is 2.10. The molecule has 0 radical (unpaired) electrons. The van der Waals surface area contributed by atoms with Gasteiger partial charge in [0.05, 0.1) is 6.54 Å². The average Bonchev–Trinajstić information content (AvgIpc) is 2.36. The number of halogens is 1. The molecule has 0 aliphatic heterocycles. The first-order valence-corrected chi connectivity index (χ1v) is 7.14. The topological polar surface area (TPSA) is 15.3 Å². The van der Waals surface area contributed by atoms with E-state index in [9.17, 15) is 0 Å². The molecule has 0 heterocycles. The summed E-state index contributed by atoms with van der Waals surface area (Å²) in [5.41, 5.74) is 2.44. The Morgan fingerprint density at radius 3 is 2.67 bits per heavy atom. The zero-order valence-electron chi connectivity index (χ0n) is 11.3. The molecule has 1 aromatic rings.